The molecule has 0 unspecified atom stereocenters. The lowest BCUT2D eigenvalue weighted by Crippen LogP contribution is -2.53. The summed E-state index contributed by atoms with van der Waals surface area (Å²) >= 11 is 0. The maximum Gasteiger partial charge on any atom is 0.243 e. The van der Waals surface area contributed by atoms with Crippen LogP contribution in [-0.2, 0) is 32.6 Å². The Morgan fingerprint density at radius 2 is 1.53 bits per heavy atom. The molecule has 0 radical (unpaired) electrons. The number of anilines is 1. The van der Waals surface area contributed by atoms with Gasteiger partial charge in [0.15, 0.2) is 0 Å². The molecule has 3 aromatic rings. The summed E-state index contributed by atoms with van der Waals surface area (Å²) in [5.74, 6) is -0.298. The second-order valence-corrected chi connectivity index (χ2v) is 13.7. The van der Waals surface area contributed by atoms with Gasteiger partial charge < -0.3 is 10.2 Å². The van der Waals surface area contributed by atoms with Crippen LogP contribution in [0.4, 0.5) is 5.69 Å². The van der Waals surface area contributed by atoms with Gasteiger partial charge in [-0.2, -0.15) is 0 Å². The molecule has 43 heavy (non-hydrogen) atoms. The second kappa shape index (κ2) is 15.2. The van der Waals surface area contributed by atoms with Gasteiger partial charge in [0.1, 0.15) is 6.04 Å². The zero-order valence-corrected chi connectivity index (χ0v) is 26.5. The number of rotatable bonds is 13. The highest BCUT2D eigenvalue weighted by Crippen LogP contribution is 2.22. The van der Waals surface area contributed by atoms with Crippen molar-refractivity contribution in [2.75, 3.05) is 17.1 Å². The molecule has 0 spiro atoms. The number of carbonyl (C=O) groups is 2. The average Bonchev–Trinajstić information content (AvgIpc) is 2.98. The van der Waals surface area contributed by atoms with Gasteiger partial charge in [0, 0.05) is 32.0 Å². The van der Waals surface area contributed by atoms with Crippen LogP contribution in [0, 0.1) is 13.8 Å². The fourth-order valence-corrected chi connectivity index (χ4v) is 6.79. The van der Waals surface area contributed by atoms with Gasteiger partial charge in [-0.1, -0.05) is 97.1 Å². The average molecular weight is 604 g/mol. The van der Waals surface area contributed by atoms with Gasteiger partial charge in [-0.15, -0.1) is 0 Å². The summed E-state index contributed by atoms with van der Waals surface area (Å²) in [6, 6.07) is 24.6. The third kappa shape index (κ3) is 9.68. The van der Waals surface area contributed by atoms with E-state index in [9.17, 15) is 18.0 Å². The number of carbonyl (C=O) groups excluding carboxylic acids is 2. The zero-order chi connectivity index (χ0) is 30.8. The Labute approximate surface area is 257 Å². The topological polar surface area (TPSA) is 86.8 Å². The van der Waals surface area contributed by atoms with E-state index in [1.165, 1.54) is 17.0 Å². The smallest absolute Gasteiger partial charge is 0.243 e. The van der Waals surface area contributed by atoms with Crippen LogP contribution in [0.15, 0.2) is 78.9 Å². The minimum atomic E-state index is -3.54. The summed E-state index contributed by atoms with van der Waals surface area (Å²) in [6.45, 7) is 4.43. The van der Waals surface area contributed by atoms with Crippen LogP contribution < -0.4 is 9.62 Å². The predicted octanol–water partition coefficient (Wildman–Crippen LogP) is 5.94. The van der Waals surface area contributed by atoms with Gasteiger partial charge in [0.25, 0.3) is 0 Å². The van der Waals surface area contributed by atoms with Gasteiger partial charge >= 0.3 is 0 Å². The van der Waals surface area contributed by atoms with Crippen LogP contribution in [0.1, 0.15) is 67.2 Å². The van der Waals surface area contributed by atoms with E-state index in [4.69, 9.17) is 0 Å². The van der Waals surface area contributed by atoms with Crippen molar-refractivity contribution >= 4 is 27.5 Å². The number of nitrogens with one attached hydrogen (secondary N) is 1. The molecule has 7 nitrogen and oxygen atoms in total. The molecule has 1 N–H and O–H groups in total. The summed E-state index contributed by atoms with van der Waals surface area (Å²) < 4.78 is 26.7. The Morgan fingerprint density at radius 1 is 0.860 bits per heavy atom. The Morgan fingerprint density at radius 3 is 2.19 bits per heavy atom. The quantitative estimate of drug-likeness (QED) is 0.262. The van der Waals surface area contributed by atoms with E-state index in [2.05, 4.69) is 5.32 Å². The third-order valence-corrected chi connectivity index (χ3v) is 9.33. The molecule has 1 aliphatic carbocycles. The maximum atomic E-state index is 14.1. The zero-order valence-electron chi connectivity index (χ0n) is 25.7. The molecule has 2 amide bonds. The van der Waals surface area contributed by atoms with Crippen LogP contribution in [0.2, 0.25) is 0 Å². The molecule has 3 aromatic carbocycles. The first-order valence-electron chi connectivity index (χ1n) is 15.3. The summed E-state index contributed by atoms with van der Waals surface area (Å²) in [5.41, 5.74) is 4.63. The molecule has 0 saturated heterocycles. The Kier molecular flexibility index (Phi) is 11.4. The molecule has 0 aromatic heterocycles. The monoisotopic (exact) mass is 603 g/mol. The highest BCUT2D eigenvalue weighted by atomic mass is 32.2. The minimum absolute atomic E-state index is 0.117. The summed E-state index contributed by atoms with van der Waals surface area (Å²) in [5, 5.41) is 3.27. The molecule has 1 aliphatic rings. The molecule has 0 aliphatic heterocycles. The molecule has 1 fully saturated rings. The van der Waals surface area contributed by atoms with E-state index in [1.807, 2.05) is 80.6 Å². The molecule has 1 atom stereocenters. The van der Waals surface area contributed by atoms with Crippen molar-refractivity contribution < 1.29 is 18.0 Å². The SMILES string of the molecule is Cc1ccc(N(CCCC(=O)N(Cc2cccc(C)c2)[C@H](Cc2ccccc2)C(=O)NC2CCCCC2)S(C)(=O)=O)cc1. The number of sulfonamides is 1. The molecule has 8 heteroatoms. The molecule has 230 valence electrons. The van der Waals surface area contributed by atoms with Gasteiger partial charge in [0.2, 0.25) is 21.8 Å². The lowest BCUT2D eigenvalue weighted by atomic mass is 9.94. The lowest BCUT2D eigenvalue weighted by molar-refractivity contribution is -0.141. The second-order valence-electron chi connectivity index (χ2n) is 11.8. The third-order valence-electron chi connectivity index (χ3n) is 8.13. The van der Waals surface area contributed by atoms with Crippen LogP contribution in [0.3, 0.4) is 0 Å². The minimum Gasteiger partial charge on any atom is -0.352 e. The normalized spacial score (nSPS) is 14.6. The molecule has 0 heterocycles. The first-order chi connectivity index (χ1) is 20.6. The largest absolute Gasteiger partial charge is 0.352 e. The molecule has 0 bridgehead atoms. The summed E-state index contributed by atoms with van der Waals surface area (Å²) in [7, 11) is -3.54. The van der Waals surface area contributed by atoms with Crippen molar-refractivity contribution in [2.45, 2.75) is 83.8 Å². The molecule has 1 saturated carbocycles. The van der Waals surface area contributed by atoms with E-state index >= 15 is 0 Å². The first kappa shape index (κ1) is 32.3. The summed E-state index contributed by atoms with van der Waals surface area (Å²) in [6.07, 6.45) is 7.31. The van der Waals surface area contributed by atoms with Crippen LogP contribution in [0.25, 0.3) is 0 Å². The number of benzene rings is 3. The first-order valence-corrected chi connectivity index (χ1v) is 17.2. The van der Waals surface area contributed by atoms with Crippen molar-refractivity contribution in [3.63, 3.8) is 0 Å². The summed E-state index contributed by atoms with van der Waals surface area (Å²) in [4.78, 5) is 29.7. The Hall–Kier alpha value is -3.65. The van der Waals surface area contributed by atoms with E-state index in [1.54, 1.807) is 17.0 Å². The van der Waals surface area contributed by atoms with E-state index in [0.29, 0.717) is 25.1 Å². The number of aryl methyl sites for hydroxylation is 2. The standard InChI is InChI=1S/C35H45N3O4S/c1-27-19-21-32(22-20-27)38(43(3,41)42)23-11-18-34(39)37(26-30-15-10-12-28(2)24-30)33(25-29-13-6-4-7-14-29)35(40)36-31-16-8-5-9-17-31/h4,6-7,10,12-15,19-22,24,31,33H,5,8-9,11,16-18,23,25-26H2,1-3H3,(H,36,40)/t33-/m1/s1. The van der Waals surface area contributed by atoms with Crippen LogP contribution in [-0.4, -0.2) is 50.0 Å². The highest BCUT2D eigenvalue weighted by Gasteiger charge is 2.32. The Bertz CT molecular complexity index is 1450. The fraction of sp³-hybridized carbons (Fsp3) is 0.429. The Balaban J connectivity index is 1.58. The van der Waals surface area contributed by atoms with Crippen LogP contribution in [0.5, 0.6) is 0 Å². The molecule has 4 rings (SSSR count). The number of nitrogens with zero attached hydrogens (tertiary/aromatic N) is 2. The number of amides is 2. The maximum absolute atomic E-state index is 14.1. The van der Waals surface area contributed by atoms with E-state index in [0.717, 1.165) is 47.9 Å². The fourth-order valence-electron chi connectivity index (χ4n) is 5.82. The van der Waals surface area contributed by atoms with Gasteiger partial charge in [-0.25, -0.2) is 8.42 Å². The molecular weight excluding hydrogens is 558 g/mol. The van der Waals surface area contributed by atoms with Crippen molar-refractivity contribution in [1.29, 1.82) is 0 Å². The predicted molar refractivity (Wildman–Crippen MR) is 173 cm³/mol. The number of hydrogen-bond donors (Lipinski definition) is 1. The van der Waals surface area contributed by atoms with Crippen LogP contribution >= 0.6 is 0 Å². The molecular formula is C35H45N3O4S. The van der Waals surface area contributed by atoms with Crippen molar-refractivity contribution in [2.24, 2.45) is 0 Å². The van der Waals surface area contributed by atoms with E-state index < -0.39 is 16.1 Å². The van der Waals surface area contributed by atoms with Gasteiger partial charge in [-0.3, -0.25) is 13.9 Å². The van der Waals surface area contributed by atoms with Gasteiger partial charge in [-0.05, 0) is 56.4 Å². The van der Waals surface area contributed by atoms with Crippen molar-refractivity contribution in [3.8, 4) is 0 Å². The number of hydrogen-bond acceptors (Lipinski definition) is 4. The van der Waals surface area contributed by atoms with Crippen molar-refractivity contribution in [3.05, 3.63) is 101 Å². The lowest BCUT2D eigenvalue weighted by Gasteiger charge is -2.34. The van der Waals surface area contributed by atoms with E-state index in [-0.39, 0.29) is 30.8 Å². The van der Waals surface area contributed by atoms with Crippen molar-refractivity contribution in [1.82, 2.24) is 10.2 Å². The highest BCUT2D eigenvalue weighted by molar-refractivity contribution is 7.92. The van der Waals surface area contributed by atoms with Gasteiger partial charge in [0.05, 0.1) is 11.9 Å².